The quantitative estimate of drug-likeness (QED) is 0.248. The molecule has 7 heteroatoms. The molecule has 34 heavy (non-hydrogen) atoms. The van der Waals surface area contributed by atoms with Crippen molar-refractivity contribution >= 4 is 40.3 Å². The lowest BCUT2D eigenvalue weighted by Crippen LogP contribution is -2.07. The van der Waals surface area contributed by atoms with Gasteiger partial charge in [-0.3, -0.25) is 9.78 Å². The topological polar surface area (TPSA) is 96.7 Å². The predicted molar refractivity (Wildman–Crippen MR) is 131 cm³/mol. The Morgan fingerprint density at radius 3 is 2.41 bits per heavy atom. The zero-order valence-electron chi connectivity index (χ0n) is 18.4. The standard InChI is InChI=1S/C27H20ClNO5/c1-15-12-18(28)5-9-21(15)25(31)23-14-29-24-13-19(30)6-10-22(24)26(23)34-20-7-3-17(4-8-20)11-16(2)27(32)33/h3-14,30H,1-2H3,(H,32,33)/b16-11+. The highest BCUT2D eigenvalue weighted by Crippen LogP contribution is 2.36. The molecule has 0 atom stereocenters. The summed E-state index contributed by atoms with van der Waals surface area (Å²) in [7, 11) is 0. The van der Waals surface area contributed by atoms with Gasteiger partial charge in [0.05, 0.1) is 11.1 Å². The molecule has 4 aromatic rings. The van der Waals surface area contributed by atoms with Gasteiger partial charge in [-0.25, -0.2) is 4.79 Å². The smallest absolute Gasteiger partial charge is 0.331 e. The fourth-order valence-corrected chi connectivity index (χ4v) is 3.74. The Morgan fingerprint density at radius 1 is 1.00 bits per heavy atom. The molecule has 4 rings (SSSR count). The average Bonchev–Trinajstić information content (AvgIpc) is 2.79. The molecule has 0 aliphatic carbocycles. The number of nitrogens with zero attached hydrogens (tertiary/aromatic N) is 1. The molecule has 0 spiro atoms. The van der Waals surface area contributed by atoms with Crippen LogP contribution < -0.4 is 4.74 Å². The third-order valence-electron chi connectivity index (χ3n) is 5.30. The third kappa shape index (κ3) is 4.77. The molecule has 3 aromatic carbocycles. The van der Waals surface area contributed by atoms with Gasteiger partial charge in [-0.05, 0) is 73.5 Å². The predicted octanol–water partition coefficient (Wildman–Crippen LogP) is 6.41. The number of fused-ring (bicyclic) bond motifs is 1. The van der Waals surface area contributed by atoms with Gasteiger partial charge in [-0.1, -0.05) is 23.7 Å². The van der Waals surface area contributed by atoms with Crippen molar-refractivity contribution in [3.8, 4) is 17.2 Å². The summed E-state index contributed by atoms with van der Waals surface area (Å²) < 4.78 is 6.17. The van der Waals surface area contributed by atoms with Crippen LogP contribution in [0.2, 0.25) is 5.02 Å². The van der Waals surface area contributed by atoms with Crippen LogP contribution in [0.5, 0.6) is 17.2 Å². The lowest BCUT2D eigenvalue weighted by molar-refractivity contribution is -0.132. The van der Waals surface area contributed by atoms with Gasteiger partial charge in [0, 0.05) is 33.8 Å². The summed E-state index contributed by atoms with van der Waals surface area (Å²) >= 11 is 6.05. The van der Waals surface area contributed by atoms with Gasteiger partial charge in [0.15, 0.2) is 5.78 Å². The zero-order valence-corrected chi connectivity index (χ0v) is 19.1. The summed E-state index contributed by atoms with van der Waals surface area (Å²) in [5, 5.41) is 20.0. The molecule has 170 valence electrons. The molecule has 0 saturated heterocycles. The first kappa shape index (κ1) is 23.0. The average molecular weight is 474 g/mol. The van der Waals surface area contributed by atoms with E-state index in [0.717, 1.165) is 5.56 Å². The number of ether oxygens (including phenoxy) is 1. The fraction of sp³-hybridized carbons (Fsp3) is 0.0741. The van der Waals surface area contributed by atoms with Crippen LogP contribution in [0.4, 0.5) is 0 Å². The van der Waals surface area contributed by atoms with E-state index in [4.69, 9.17) is 21.4 Å². The Morgan fingerprint density at radius 2 is 1.74 bits per heavy atom. The van der Waals surface area contributed by atoms with Crippen molar-refractivity contribution in [3.05, 3.63) is 99.7 Å². The lowest BCUT2D eigenvalue weighted by Gasteiger charge is -2.14. The monoisotopic (exact) mass is 473 g/mol. The van der Waals surface area contributed by atoms with E-state index in [-0.39, 0.29) is 22.7 Å². The second kappa shape index (κ2) is 9.37. The van der Waals surface area contributed by atoms with Gasteiger partial charge in [-0.15, -0.1) is 0 Å². The molecule has 2 N–H and O–H groups in total. The molecule has 0 aliphatic rings. The molecule has 0 amide bonds. The number of ketones is 1. The Labute approximate surface area is 200 Å². The normalized spacial score (nSPS) is 11.4. The summed E-state index contributed by atoms with van der Waals surface area (Å²) in [4.78, 5) is 28.9. The number of hydrogen-bond acceptors (Lipinski definition) is 5. The minimum absolute atomic E-state index is 0.0449. The van der Waals surface area contributed by atoms with Gasteiger partial charge < -0.3 is 14.9 Å². The largest absolute Gasteiger partial charge is 0.508 e. The number of carboxylic acid groups (broad SMARTS) is 1. The highest BCUT2D eigenvalue weighted by atomic mass is 35.5. The van der Waals surface area contributed by atoms with Gasteiger partial charge in [0.1, 0.15) is 17.2 Å². The number of carbonyl (C=O) groups excluding carboxylic acids is 1. The van der Waals surface area contributed by atoms with Gasteiger partial charge >= 0.3 is 5.97 Å². The number of phenolic OH excluding ortho intramolecular Hbond substituents is 1. The second-order valence-corrected chi connectivity index (χ2v) is 8.23. The molecule has 0 aliphatic heterocycles. The van der Waals surface area contributed by atoms with E-state index in [1.165, 1.54) is 25.3 Å². The summed E-state index contributed by atoms with van der Waals surface area (Å²) in [6.07, 6.45) is 2.98. The number of phenols is 1. The number of aliphatic carboxylic acids is 1. The Kier molecular flexibility index (Phi) is 6.34. The highest BCUT2D eigenvalue weighted by Gasteiger charge is 2.21. The van der Waals surface area contributed by atoms with Crippen LogP contribution in [0.25, 0.3) is 17.0 Å². The summed E-state index contributed by atoms with van der Waals surface area (Å²) in [6, 6.07) is 16.5. The van der Waals surface area contributed by atoms with Crippen LogP contribution in [-0.2, 0) is 4.79 Å². The number of aryl methyl sites for hydroxylation is 1. The molecule has 0 unspecified atom stereocenters. The van der Waals surface area contributed by atoms with Crippen molar-refractivity contribution in [3.63, 3.8) is 0 Å². The van der Waals surface area contributed by atoms with Crippen LogP contribution in [0.1, 0.15) is 34.0 Å². The number of hydrogen-bond donors (Lipinski definition) is 2. The van der Waals surface area contributed by atoms with E-state index >= 15 is 0 Å². The molecule has 6 nitrogen and oxygen atoms in total. The molecule has 0 radical (unpaired) electrons. The molecule has 0 fully saturated rings. The molecule has 0 saturated carbocycles. The van der Waals surface area contributed by atoms with Crippen molar-refractivity contribution in [1.82, 2.24) is 4.98 Å². The maximum atomic E-state index is 13.5. The van der Waals surface area contributed by atoms with Crippen molar-refractivity contribution in [2.24, 2.45) is 0 Å². The van der Waals surface area contributed by atoms with E-state index < -0.39 is 5.97 Å². The van der Waals surface area contributed by atoms with Gasteiger partial charge in [-0.2, -0.15) is 0 Å². The first-order chi connectivity index (χ1) is 16.2. The summed E-state index contributed by atoms with van der Waals surface area (Å²) in [5.41, 5.74) is 2.83. The number of carbonyl (C=O) groups is 2. The Bertz CT molecular complexity index is 1460. The Balaban J connectivity index is 1.79. The van der Waals surface area contributed by atoms with Gasteiger partial charge in [0.2, 0.25) is 0 Å². The minimum atomic E-state index is -0.993. The van der Waals surface area contributed by atoms with E-state index in [0.29, 0.717) is 38.6 Å². The first-order valence-electron chi connectivity index (χ1n) is 10.3. The molecular weight excluding hydrogens is 454 g/mol. The summed E-state index contributed by atoms with van der Waals surface area (Å²) in [5.74, 6) is -0.471. The second-order valence-electron chi connectivity index (χ2n) is 7.79. The minimum Gasteiger partial charge on any atom is -0.508 e. The van der Waals surface area contributed by atoms with Crippen LogP contribution >= 0.6 is 11.6 Å². The van der Waals surface area contributed by atoms with Crippen LogP contribution in [0.15, 0.2) is 72.4 Å². The number of pyridine rings is 1. The number of aromatic nitrogens is 1. The van der Waals surface area contributed by atoms with E-state index in [9.17, 15) is 14.7 Å². The van der Waals surface area contributed by atoms with E-state index in [1.54, 1.807) is 61.5 Å². The fourth-order valence-electron chi connectivity index (χ4n) is 3.52. The number of aromatic hydroxyl groups is 1. The van der Waals surface area contributed by atoms with E-state index in [2.05, 4.69) is 4.98 Å². The Hall–Kier alpha value is -4.16. The van der Waals surface area contributed by atoms with Crippen molar-refractivity contribution < 1.29 is 24.5 Å². The molecule has 1 aromatic heterocycles. The molecular formula is C27H20ClNO5. The van der Waals surface area contributed by atoms with Gasteiger partial charge in [0.25, 0.3) is 0 Å². The number of halogens is 1. The van der Waals surface area contributed by atoms with Crippen molar-refractivity contribution in [1.29, 1.82) is 0 Å². The summed E-state index contributed by atoms with van der Waals surface area (Å²) in [6.45, 7) is 3.32. The third-order valence-corrected chi connectivity index (χ3v) is 5.54. The van der Waals surface area contributed by atoms with Crippen LogP contribution in [0, 0.1) is 6.92 Å². The number of carboxylic acids is 1. The van der Waals surface area contributed by atoms with Crippen LogP contribution in [-0.4, -0.2) is 26.9 Å². The SMILES string of the molecule is C/C(=C\c1ccc(Oc2c(C(=O)c3ccc(Cl)cc3C)cnc3cc(O)ccc23)cc1)C(=O)O. The molecule has 0 bridgehead atoms. The maximum Gasteiger partial charge on any atom is 0.331 e. The lowest BCUT2D eigenvalue weighted by atomic mass is 9.98. The van der Waals surface area contributed by atoms with Crippen molar-refractivity contribution in [2.45, 2.75) is 13.8 Å². The molecule has 1 heterocycles. The first-order valence-corrected chi connectivity index (χ1v) is 10.7. The number of rotatable bonds is 6. The highest BCUT2D eigenvalue weighted by molar-refractivity contribution is 6.30. The van der Waals surface area contributed by atoms with Crippen molar-refractivity contribution in [2.75, 3.05) is 0 Å². The van der Waals surface area contributed by atoms with Crippen LogP contribution in [0.3, 0.4) is 0 Å². The zero-order chi connectivity index (χ0) is 24.4. The maximum absolute atomic E-state index is 13.5. The number of benzene rings is 3. The van der Waals surface area contributed by atoms with E-state index in [1.807, 2.05) is 0 Å².